The van der Waals surface area contributed by atoms with Crippen molar-refractivity contribution in [2.75, 3.05) is 13.2 Å². The Labute approximate surface area is 71.2 Å². The van der Waals surface area contributed by atoms with Crippen LogP contribution in [0.3, 0.4) is 0 Å². The molecule has 2 N–H and O–H groups in total. The van der Waals surface area contributed by atoms with E-state index in [-0.39, 0.29) is 13.2 Å². The lowest BCUT2D eigenvalue weighted by Gasteiger charge is -2.10. The van der Waals surface area contributed by atoms with Crippen molar-refractivity contribution in [1.82, 2.24) is 5.25 Å². The van der Waals surface area contributed by atoms with Gasteiger partial charge in [-0.05, 0) is 0 Å². The Morgan fingerprint density at radius 3 is 2.50 bits per heavy atom. The largest absolute Gasteiger partial charge is 0.426 e. The van der Waals surface area contributed by atoms with E-state index in [1.807, 2.05) is 5.25 Å². The van der Waals surface area contributed by atoms with Crippen LogP contribution in [0.25, 0.3) is 0 Å². The highest BCUT2D eigenvalue weighted by Gasteiger charge is 2.17. The number of hydrogen-bond donors (Lipinski definition) is 2. The normalized spacial score (nSPS) is 15.1. The van der Waals surface area contributed by atoms with Gasteiger partial charge in [-0.15, -0.1) is 18.4 Å². The van der Waals surface area contributed by atoms with Crippen LogP contribution in [-0.4, -0.2) is 18.1 Å². The van der Waals surface area contributed by atoms with E-state index in [0.29, 0.717) is 0 Å². The fourth-order valence-electron chi connectivity index (χ4n) is 0.358. The average Bonchev–Trinajstić information content (AvgIpc) is 2.01. The van der Waals surface area contributed by atoms with Gasteiger partial charge in [0.05, 0.1) is 13.2 Å². The van der Waals surface area contributed by atoms with E-state index in [1.165, 1.54) is 12.2 Å². The number of rotatable bonds is 7. The molecule has 0 amide bonds. The third kappa shape index (κ3) is 6.27. The quantitative estimate of drug-likeness (QED) is 0.273. The van der Waals surface area contributed by atoms with E-state index in [2.05, 4.69) is 22.5 Å². The molecule has 0 fully saturated rings. The Hall–Kier alpha value is -0.450. The predicted molar refractivity (Wildman–Crippen MR) is 45.3 cm³/mol. The molecule has 70 valence electrons. The highest BCUT2D eigenvalue weighted by atomic mass is 31.2. The first-order valence-corrected chi connectivity index (χ1v) is 4.78. The molecule has 1 atom stereocenters. The topological polar surface area (TPSA) is 67.8 Å². The van der Waals surface area contributed by atoms with Crippen LogP contribution in [0.5, 0.6) is 0 Å². The van der Waals surface area contributed by atoms with Gasteiger partial charge in [-0.3, -0.25) is 9.36 Å². The summed E-state index contributed by atoms with van der Waals surface area (Å²) in [6.45, 7) is 6.78. The Kier molecular flexibility index (Phi) is 5.88. The van der Waals surface area contributed by atoms with Crippen molar-refractivity contribution in [3.8, 4) is 0 Å². The van der Waals surface area contributed by atoms with Crippen molar-refractivity contribution in [3.05, 3.63) is 25.3 Å². The van der Waals surface area contributed by atoms with Crippen molar-refractivity contribution in [2.24, 2.45) is 0 Å². The van der Waals surface area contributed by atoms with Gasteiger partial charge in [-0.2, -0.15) is 0 Å². The summed E-state index contributed by atoms with van der Waals surface area (Å²) in [4.78, 5) is 13.4. The second-order valence-corrected chi connectivity index (χ2v) is 3.28. The van der Waals surface area contributed by atoms with Gasteiger partial charge in [-0.25, -0.2) is 4.57 Å². The van der Waals surface area contributed by atoms with Crippen LogP contribution >= 0.6 is 7.75 Å². The molecule has 0 saturated heterocycles. The van der Waals surface area contributed by atoms with Crippen molar-refractivity contribution >= 4 is 7.75 Å². The molecular weight excluding hydrogens is 181 g/mol. The molecule has 12 heavy (non-hydrogen) atoms. The zero-order valence-corrected chi connectivity index (χ0v) is 7.50. The summed E-state index contributed by atoms with van der Waals surface area (Å²) in [6.07, 6.45) is 2.79. The van der Waals surface area contributed by atoms with Crippen LogP contribution in [-0.2, 0) is 13.9 Å². The predicted octanol–water partition coefficient (Wildman–Crippen LogP) is 0.997. The number of hydrogen-bond acceptors (Lipinski definition) is 3. The fraction of sp³-hybridized carbons (Fsp3) is 0.333. The summed E-state index contributed by atoms with van der Waals surface area (Å²) in [5.41, 5.74) is 0. The fourth-order valence-corrected chi connectivity index (χ4v) is 0.956. The van der Waals surface area contributed by atoms with Crippen molar-refractivity contribution in [2.45, 2.75) is 0 Å². The molecule has 0 radical (unpaired) electrons. The Morgan fingerprint density at radius 2 is 2.00 bits per heavy atom. The average molecular weight is 193 g/mol. The summed E-state index contributed by atoms with van der Waals surface area (Å²) in [6, 6.07) is 0. The highest BCUT2D eigenvalue weighted by Crippen LogP contribution is 2.36. The lowest BCUT2D eigenvalue weighted by Crippen LogP contribution is -2.13. The number of nitrogens with one attached hydrogen (secondary N) is 1. The van der Waals surface area contributed by atoms with Gasteiger partial charge < -0.3 is 4.89 Å². The molecule has 0 aliphatic rings. The standard InChI is InChI=1S/C6H12NO4P/c1-3-5-10-7-12(8,9)11-6-4-2/h3-4H,1-2,5-6H2,(H2,7,8,9). The van der Waals surface area contributed by atoms with Crippen LogP contribution in [0, 0.1) is 0 Å². The molecule has 0 bridgehead atoms. The first-order chi connectivity index (χ1) is 5.62. The summed E-state index contributed by atoms with van der Waals surface area (Å²) >= 11 is 0. The Balaban J connectivity index is 3.63. The maximum Gasteiger partial charge on any atom is 0.426 e. The lowest BCUT2D eigenvalue weighted by molar-refractivity contribution is 0.0877. The zero-order valence-electron chi connectivity index (χ0n) is 6.60. The van der Waals surface area contributed by atoms with Crippen molar-refractivity contribution in [3.63, 3.8) is 0 Å². The maximum atomic E-state index is 10.9. The second kappa shape index (κ2) is 6.11. The molecule has 0 rings (SSSR count). The summed E-state index contributed by atoms with van der Waals surface area (Å²) in [7, 11) is -3.83. The summed E-state index contributed by atoms with van der Waals surface area (Å²) in [5, 5.41) is 1.86. The van der Waals surface area contributed by atoms with Gasteiger partial charge in [0.25, 0.3) is 0 Å². The molecule has 1 unspecified atom stereocenters. The molecule has 5 nitrogen and oxygen atoms in total. The maximum absolute atomic E-state index is 10.9. The minimum Gasteiger partial charge on any atom is -0.311 e. The SMILES string of the molecule is C=CCONP(=O)(O)OCC=C. The van der Waals surface area contributed by atoms with Gasteiger partial charge in [-0.1, -0.05) is 12.2 Å². The van der Waals surface area contributed by atoms with Crippen LogP contribution in [0.2, 0.25) is 0 Å². The molecule has 0 aliphatic carbocycles. The van der Waals surface area contributed by atoms with Crippen LogP contribution in [0.15, 0.2) is 25.3 Å². The Morgan fingerprint density at radius 1 is 1.42 bits per heavy atom. The zero-order chi connectivity index (χ0) is 9.45. The van der Waals surface area contributed by atoms with Crippen LogP contribution < -0.4 is 5.25 Å². The lowest BCUT2D eigenvalue weighted by atomic mass is 10.7. The molecule has 6 heteroatoms. The molecule has 0 spiro atoms. The molecular formula is C6H12NO4P. The van der Waals surface area contributed by atoms with Gasteiger partial charge >= 0.3 is 7.75 Å². The molecule has 0 aromatic rings. The summed E-state index contributed by atoms with van der Waals surface area (Å²) < 4.78 is 15.3. The smallest absolute Gasteiger partial charge is 0.311 e. The molecule has 0 aromatic carbocycles. The van der Waals surface area contributed by atoms with E-state index < -0.39 is 7.75 Å². The third-order valence-electron chi connectivity index (χ3n) is 0.748. The van der Waals surface area contributed by atoms with Gasteiger partial charge in [0.2, 0.25) is 0 Å². The van der Waals surface area contributed by atoms with Crippen LogP contribution in [0.4, 0.5) is 0 Å². The Bertz CT molecular complexity index is 194. The third-order valence-corrected chi connectivity index (χ3v) is 1.61. The highest BCUT2D eigenvalue weighted by molar-refractivity contribution is 7.50. The first kappa shape index (κ1) is 11.6. The van der Waals surface area contributed by atoms with Crippen LogP contribution in [0.1, 0.15) is 0 Å². The molecule has 0 aromatic heterocycles. The summed E-state index contributed by atoms with van der Waals surface area (Å²) in [5.74, 6) is 0. The van der Waals surface area contributed by atoms with E-state index in [4.69, 9.17) is 4.89 Å². The second-order valence-electron chi connectivity index (χ2n) is 1.80. The van der Waals surface area contributed by atoms with Crippen molar-refractivity contribution < 1.29 is 18.8 Å². The first-order valence-electron chi connectivity index (χ1n) is 3.20. The molecule has 0 heterocycles. The van der Waals surface area contributed by atoms with Crippen molar-refractivity contribution in [1.29, 1.82) is 0 Å². The van der Waals surface area contributed by atoms with E-state index in [1.54, 1.807) is 0 Å². The minimum absolute atomic E-state index is 0.0156. The van der Waals surface area contributed by atoms with Gasteiger partial charge in [0, 0.05) is 0 Å². The molecule has 0 saturated carbocycles. The monoisotopic (exact) mass is 193 g/mol. The molecule has 0 aliphatic heterocycles. The van der Waals surface area contributed by atoms with E-state index >= 15 is 0 Å². The minimum atomic E-state index is -3.83. The van der Waals surface area contributed by atoms with Gasteiger partial charge in [0.1, 0.15) is 0 Å². The van der Waals surface area contributed by atoms with Gasteiger partial charge in [0.15, 0.2) is 0 Å². The van der Waals surface area contributed by atoms with E-state index in [0.717, 1.165) is 0 Å². The van der Waals surface area contributed by atoms with E-state index in [9.17, 15) is 4.57 Å².